The number of hydrogen-bond donors (Lipinski definition) is 3. The summed E-state index contributed by atoms with van der Waals surface area (Å²) in [5.41, 5.74) is 4.14. The maximum atomic E-state index is 15.8. The number of phosphoric acid groups is 2. The topological polar surface area (TPSA) is 253 Å². The first-order valence-electron chi connectivity index (χ1n) is 12.5. The molecule has 0 amide bonds. The van der Waals surface area contributed by atoms with Crippen LogP contribution in [-0.4, -0.2) is 91.0 Å². The minimum absolute atomic E-state index is 0.0159. The van der Waals surface area contributed by atoms with E-state index in [1.807, 2.05) is 4.98 Å². The Morgan fingerprint density at radius 2 is 1.77 bits per heavy atom. The van der Waals surface area contributed by atoms with Crippen molar-refractivity contribution in [1.82, 2.24) is 29.1 Å². The molecule has 3 aromatic rings. The van der Waals surface area contributed by atoms with E-state index in [4.69, 9.17) is 38.0 Å². The number of alkyl halides is 2. The summed E-state index contributed by atoms with van der Waals surface area (Å²) in [6.45, 7) is -1.90. The van der Waals surface area contributed by atoms with Gasteiger partial charge in [-0.3, -0.25) is 37.0 Å². The number of nitrogens with zero attached hydrogens (tertiary/aromatic N) is 5. The quantitative estimate of drug-likeness (QED) is 0.188. The number of H-pyrrole nitrogens is 1. The number of nitrogen functional groups attached to an aromatic ring is 1. The van der Waals surface area contributed by atoms with Crippen molar-refractivity contribution in [1.29, 1.82) is 0 Å². The summed E-state index contributed by atoms with van der Waals surface area (Å²) in [4.78, 5) is 52.6. The highest BCUT2D eigenvalue weighted by Crippen LogP contribution is 2.56. The highest BCUT2D eigenvalue weighted by atomic mass is 31.2. The smallest absolute Gasteiger partial charge is 0.382 e. The fourth-order valence-electron chi connectivity index (χ4n) is 4.85. The molecule has 3 aliphatic rings. The molecule has 3 aromatic heterocycles. The molecule has 0 saturated carbocycles. The Kier molecular flexibility index (Phi) is 8.26. The summed E-state index contributed by atoms with van der Waals surface area (Å²) in [6, 6.07) is 0.904. The second kappa shape index (κ2) is 11.7. The summed E-state index contributed by atoms with van der Waals surface area (Å²) in [7, 11) is -9.23. The molecule has 0 aliphatic carbocycles. The Morgan fingerprint density at radius 1 is 1.02 bits per heavy atom. The minimum atomic E-state index is -5.22. The Hall–Kier alpha value is -3.01. The molecule has 240 valence electrons. The Labute approximate surface area is 243 Å². The van der Waals surface area contributed by atoms with Crippen LogP contribution in [0, 0.1) is 0 Å². The third kappa shape index (κ3) is 5.74. The van der Waals surface area contributed by atoms with Crippen LogP contribution in [-0.2, 0) is 46.3 Å². The van der Waals surface area contributed by atoms with Gasteiger partial charge in [0.05, 0.1) is 26.7 Å². The lowest BCUT2D eigenvalue weighted by atomic mass is 10.1. The van der Waals surface area contributed by atoms with Gasteiger partial charge in [-0.2, -0.15) is 0 Å². The normalized spacial score (nSPS) is 38.1. The van der Waals surface area contributed by atoms with Crippen LogP contribution in [0.1, 0.15) is 12.5 Å². The molecule has 44 heavy (non-hydrogen) atoms. The summed E-state index contributed by atoms with van der Waals surface area (Å²) in [5.74, 6) is -0.0159. The van der Waals surface area contributed by atoms with Crippen LogP contribution >= 0.6 is 15.6 Å². The standard InChI is InChI=1S/C20H23F2N7O13P2/c1-35-42-44(34)37-5-9-14(12(22)18(39-9)28-3-2-10(30)27-20(28)31)40-43(32,33)36-4-8-11(21)15(41-44)19(38-8)29-7-26-13-16(23)24-6-25-17(13)29/h2-3,6-9,11-12,14-15,18-19H,4-5H2,1H3,(H,32,33)(H2,23,24,25)(H,27,30,31)/t8-,9-,11-,12-,14-,15-,18-,19-,44?/m1/s1. The number of aromatic amines is 1. The lowest BCUT2D eigenvalue weighted by molar-refractivity contribution is -0.208. The molecular weight excluding hydrogens is 646 g/mol. The maximum Gasteiger partial charge on any atom is 0.502 e. The number of nitrogens with two attached hydrogens (primary N) is 1. The van der Waals surface area contributed by atoms with E-state index in [-0.39, 0.29) is 17.0 Å². The van der Waals surface area contributed by atoms with Gasteiger partial charge in [0.25, 0.3) is 5.56 Å². The van der Waals surface area contributed by atoms with Crippen molar-refractivity contribution in [3.63, 3.8) is 0 Å². The van der Waals surface area contributed by atoms with E-state index in [0.717, 1.165) is 32.0 Å². The average molecular weight is 669 g/mol. The number of phosphoric ester groups is 2. The molecule has 3 aliphatic heterocycles. The molecule has 10 atom stereocenters. The third-order valence-corrected chi connectivity index (χ3v) is 9.07. The largest absolute Gasteiger partial charge is 0.502 e. The van der Waals surface area contributed by atoms with Gasteiger partial charge in [-0.05, 0) is 0 Å². The van der Waals surface area contributed by atoms with Crippen LogP contribution in [0.2, 0.25) is 0 Å². The maximum absolute atomic E-state index is 15.8. The van der Waals surface area contributed by atoms with Crippen LogP contribution in [0.3, 0.4) is 0 Å². The predicted octanol–water partition coefficient (Wildman–Crippen LogP) is 0.0334. The summed E-state index contributed by atoms with van der Waals surface area (Å²) < 4.78 is 96.6. The summed E-state index contributed by atoms with van der Waals surface area (Å²) in [6.07, 6.45) is -11.9. The first-order valence-corrected chi connectivity index (χ1v) is 15.5. The number of nitrogens with one attached hydrogen (secondary N) is 1. The molecular formula is C20H23F2N7O13P2. The number of anilines is 1. The number of aromatic nitrogens is 6. The van der Waals surface area contributed by atoms with Crippen molar-refractivity contribution >= 4 is 32.6 Å². The van der Waals surface area contributed by atoms with Crippen LogP contribution in [0.15, 0.2) is 34.5 Å². The van der Waals surface area contributed by atoms with Crippen LogP contribution < -0.4 is 17.0 Å². The zero-order chi connectivity index (χ0) is 31.4. The lowest BCUT2D eigenvalue weighted by Crippen LogP contribution is -2.36. The highest BCUT2D eigenvalue weighted by Gasteiger charge is 2.55. The molecule has 2 unspecified atom stereocenters. The molecule has 6 heterocycles. The SMILES string of the molecule is COOP1(=O)OC[C@H]2O[C@@H](n3ccc(=O)[nH]c3=O)[C@H](F)[C@@H]2OP(=O)(O)OC[C@H]2O[C@@H](n3cnc4c(N)ncnc43)[C@H](O1)[C@@H]2F. The van der Waals surface area contributed by atoms with Gasteiger partial charge in [-0.1, -0.05) is 0 Å². The number of fused-ring (bicyclic) bond motifs is 4. The lowest BCUT2D eigenvalue weighted by Gasteiger charge is -2.26. The molecule has 20 nitrogen and oxygen atoms in total. The number of ether oxygens (including phenoxy) is 2. The molecule has 3 saturated heterocycles. The molecule has 3 fully saturated rings. The third-order valence-electron chi connectivity index (χ3n) is 6.79. The van der Waals surface area contributed by atoms with Crippen molar-refractivity contribution in [3.8, 4) is 0 Å². The number of halogens is 2. The number of rotatable bonds is 4. The van der Waals surface area contributed by atoms with Crippen molar-refractivity contribution in [2.24, 2.45) is 0 Å². The highest BCUT2D eigenvalue weighted by molar-refractivity contribution is 7.48. The average Bonchev–Trinajstić information content (AvgIpc) is 3.61. The van der Waals surface area contributed by atoms with E-state index in [1.165, 1.54) is 4.57 Å². The van der Waals surface area contributed by atoms with Crippen LogP contribution in [0.25, 0.3) is 11.2 Å². The summed E-state index contributed by atoms with van der Waals surface area (Å²) >= 11 is 0. The Balaban J connectivity index is 1.35. The predicted molar refractivity (Wildman–Crippen MR) is 136 cm³/mol. The van der Waals surface area contributed by atoms with Gasteiger partial charge in [0.1, 0.15) is 36.3 Å². The molecule has 0 aromatic carbocycles. The van der Waals surface area contributed by atoms with Gasteiger partial charge in [-0.25, -0.2) is 42.5 Å². The van der Waals surface area contributed by atoms with E-state index < -0.39 is 89.3 Å². The van der Waals surface area contributed by atoms with Crippen LogP contribution in [0.4, 0.5) is 14.6 Å². The van der Waals surface area contributed by atoms with Crippen molar-refractivity contribution < 1.29 is 59.9 Å². The number of hydrogen-bond acceptors (Lipinski definition) is 16. The van der Waals surface area contributed by atoms with Gasteiger partial charge in [-0.15, -0.1) is 4.67 Å². The van der Waals surface area contributed by atoms with E-state index in [1.54, 1.807) is 0 Å². The molecule has 24 heteroatoms. The van der Waals surface area contributed by atoms with Gasteiger partial charge < -0.3 is 20.1 Å². The fourth-order valence-corrected chi connectivity index (χ4v) is 6.98. The zero-order valence-electron chi connectivity index (χ0n) is 22.2. The van der Waals surface area contributed by atoms with Gasteiger partial charge >= 0.3 is 21.3 Å². The molecule has 2 bridgehead atoms. The zero-order valence-corrected chi connectivity index (χ0v) is 23.9. The van der Waals surface area contributed by atoms with E-state index in [0.29, 0.717) is 4.57 Å². The minimum Gasteiger partial charge on any atom is -0.382 e. The molecule has 4 N–H and O–H groups in total. The van der Waals surface area contributed by atoms with E-state index in [9.17, 15) is 23.6 Å². The van der Waals surface area contributed by atoms with Crippen LogP contribution in [0.5, 0.6) is 0 Å². The summed E-state index contributed by atoms with van der Waals surface area (Å²) in [5, 5.41) is 0. The van der Waals surface area contributed by atoms with Gasteiger partial charge in [0, 0.05) is 12.3 Å². The molecule has 0 spiro atoms. The molecule has 0 radical (unpaired) electrons. The van der Waals surface area contributed by atoms with E-state index in [2.05, 4.69) is 19.8 Å². The van der Waals surface area contributed by atoms with Crippen molar-refractivity contribution in [3.05, 3.63) is 45.8 Å². The fraction of sp³-hybridized carbons (Fsp3) is 0.550. The Morgan fingerprint density at radius 3 is 2.52 bits per heavy atom. The molecule has 6 rings (SSSR count). The van der Waals surface area contributed by atoms with Gasteiger partial charge in [0.2, 0.25) is 0 Å². The van der Waals surface area contributed by atoms with E-state index >= 15 is 8.78 Å². The second-order valence-corrected chi connectivity index (χ2v) is 12.4. The first-order chi connectivity index (χ1) is 20.9. The second-order valence-electron chi connectivity index (χ2n) is 9.51. The Bertz CT molecular complexity index is 1760. The van der Waals surface area contributed by atoms with Crippen molar-refractivity contribution in [2.75, 3.05) is 26.1 Å². The monoisotopic (exact) mass is 669 g/mol. The number of imidazole rings is 1. The first kappa shape index (κ1) is 31.0. The van der Waals surface area contributed by atoms with Gasteiger partial charge in [0.15, 0.2) is 36.3 Å². The van der Waals surface area contributed by atoms with Crippen molar-refractivity contribution in [2.45, 2.75) is 49.2 Å².